The van der Waals surface area contributed by atoms with Gasteiger partial charge in [-0.2, -0.15) is 11.8 Å². The third-order valence-electron chi connectivity index (χ3n) is 3.27. The minimum Gasteiger partial charge on any atom is -0.293 e. The van der Waals surface area contributed by atoms with Gasteiger partial charge in [-0.15, -0.1) is 11.3 Å². The first kappa shape index (κ1) is 14.6. The highest BCUT2D eigenvalue weighted by Gasteiger charge is 2.18. The fraction of sp³-hybridized carbons (Fsp3) is 0.267. The van der Waals surface area contributed by atoms with Gasteiger partial charge in [0.25, 0.3) is 0 Å². The first-order valence-corrected chi connectivity index (χ1v) is 9.44. The summed E-state index contributed by atoms with van der Waals surface area (Å²) in [7, 11) is 0. The molecule has 0 amide bonds. The number of hydrogen-bond acceptors (Lipinski definition) is 3. The van der Waals surface area contributed by atoms with E-state index in [0.29, 0.717) is 11.4 Å². The van der Waals surface area contributed by atoms with E-state index < -0.39 is 0 Å². The van der Waals surface area contributed by atoms with Crippen molar-refractivity contribution in [3.63, 3.8) is 0 Å². The second kappa shape index (κ2) is 6.22. The number of carbonyl (C=O) groups is 1. The number of halogens is 2. The molecular formula is C15H12BrClOS2. The van der Waals surface area contributed by atoms with E-state index in [1.54, 1.807) is 11.3 Å². The number of hydrogen-bond donors (Lipinski definition) is 0. The monoisotopic (exact) mass is 386 g/mol. The molecule has 104 valence electrons. The fourth-order valence-electron chi connectivity index (χ4n) is 2.21. The maximum Gasteiger partial charge on any atom is 0.177 e. The van der Waals surface area contributed by atoms with E-state index in [2.05, 4.69) is 22.0 Å². The van der Waals surface area contributed by atoms with Crippen LogP contribution in [0.4, 0.5) is 0 Å². The van der Waals surface area contributed by atoms with Crippen molar-refractivity contribution in [3.05, 3.63) is 54.6 Å². The molecule has 0 aliphatic carbocycles. The molecule has 20 heavy (non-hydrogen) atoms. The van der Waals surface area contributed by atoms with Crippen molar-refractivity contribution in [1.29, 1.82) is 0 Å². The standard InChI is InChI=1S/C15H12BrClOS2/c16-11-2-1-9(12(17)7-11)5-13(18)15-6-10-8-19-4-3-14(10)20-15/h1-2,6-7H,3-5,8H2. The van der Waals surface area contributed by atoms with Gasteiger partial charge in [0.15, 0.2) is 5.78 Å². The molecule has 1 aromatic heterocycles. The summed E-state index contributed by atoms with van der Waals surface area (Å²) in [4.78, 5) is 14.7. The van der Waals surface area contributed by atoms with Crippen molar-refractivity contribution < 1.29 is 4.79 Å². The molecule has 0 spiro atoms. The van der Waals surface area contributed by atoms with Crippen LogP contribution in [0.2, 0.25) is 5.02 Å². The smallest absolute Gasteiger partial charge is 0.177 e. The van der Waals surface area contributed by atoms with Crippen LogP contribution in [0.15, 0.2) is 28.7 Å². The van der Waals surface area contributed by atoms with E-state index in [0.717, 1.165) is 27.1 Å². The van der Waals surface area contributed by atoms with Gasteiger partial charge in [-0.3, -0.25) is 4.79 Å². The number of Topliss-reactive ketones (excluding diaryl/α,β-unsaturated/α-hetero) is 1. The zero-order valence-corrected chi connectivity index (χ0v) is 14.6. The molecular weight excluding hydrogens is 376 g/mol. The Labute approximate surface area is 139 Å². The van der Waals surface area contributed by atoms with Crippen molar-refractivity contribution in [2.45, 2.75) is 18.6 Å². The lowest BCUT2D eigenvalue weighted by Gasteiger charge is -2.08. The van der Waals surface area contributed by atoms with Crippen LogP contribution in [0.5, 0.6) is 0 Å². The normalized spacial score (nSPS) is 14.1. The molecule has 5 heteroatoms. The lowest BCUT2D eigenvalue weighted by Crippen LogP contribution is -2.01. The number of thiophene rings is 1. The molecule has 1 nitrogen and oxygen atoms in total. The molecule has 1 aliphatic rings. The number of benzene rings is 1. The average Bonchev–Trinajstić information content (AvgIpc) is 2.86. The second-order valence-corrected chi connectivity index (χ2v) is 8.26. The largest absolute Gasteiger partial charge is 0.293 e. The number of fused-ring (bicyclic) bond motifs is 1. The topological polar surface area (TPSA) is 17.1 Å². The zero-order valence-electron chi connectivity index (χ0n) is 10.6. The Morgan fingerprint density at radius 3 is 2.95 bits per heavy atom. The molecule has 0 radical (unpaired) electrons. The summed E-state index contributed by atoms with van der Waals surface area (Å²) in [5, 5.41) is 0.643. The lowest BCUT2D eigenvalue weighted by molar-refractivity contribution is 0.0997. The van der Waals surface area contributed by atoms with Crippen molar-refractivity contribution in [2.24, 2.45) is 0 Å². The van der Waals surface area contributed by atoms with Crippen LogP contribution >= 0.6 is 50.6 Å². The van der Waals surface area contributed by atoms with Crippen LogP contribution in [0.25, 0.3) is 0 Å². The maximum atomic E-state index is 12.4. The molecule has 0 saturated heterocycles. The third-order valence-corrected chi connectivity index (χ3v) is 6.40. The Kier molecular flexibility index (Phi) is 4.55. The lowest BCUT2D eigenvalue weighted by atomic mass is 10.1. The predicted octanol–water partition coefficient (Wildman–Crippen LogP) is 5.38. The van der Waals surface area contributed by atoms with Gasteiger partial charge in [0, 0.05) is 26.5 Å². The highest BCUT2D eigenvalue weighted by atomic mass is 79.9. The van der Waals surface area contributed by atoms with Gasteiger partial charge in [0.1, 0.15) is 0 Å². The Morgan fingerprint density at radius 1 is 1.35 bits per heavy atom. The molecule has 2 heterocycles. The van der Waals surface area contributed by atoms with Crippen molar-refractivity contribution in [3.8, 4) is 0 Å². The number of thioether (sulfide) groups is 1. The zero-order chi connectivity index (χ0) is 14.1. The molecule has 0 fully saturated rings. The summed E-state index contributed by atoms with van der Waals surface area (Å²) in [6.07, 6.45) is 1.47. The fourth-order valence-corrected chi connectivity index (χ4v) is 5.26. The van der Waals surface area contributed by atoms with Crippen molar-refractivity contribution in [1.82, 2.24) is 0 Å². The minimum absolute atomic E-state index is 0.165. The van der Waals surface area contributed by atoms with Crippen molar-refractivity contribution >= 4 is 56.4 Å². The molecule has 0 N–H and O–H groups in total. The number of aryl methyl sites for hydroxylation is 1. The third kappa shape index (κ3) is 3.14. The van der Waals surface area contributed by atoms with Gasteiger partial charge < -0.3 is 0 Å². The van der Waals surface area contributed by atoms with Crippen LogP contribution in [0.3, 0.4) is 0 Å². The van der Waals surface area contributed by atoms with E-state index in [1.165, 1.54) is 16.2 Å². The molecule has 1 aromatic carbocycles. The Morgan fingerprint density at radius 2 is 2.20 bits per heavy atom. The maximum absolute atomic E-state index is 12.4. The van der Waals surface area contributed by atoms with Gasteiger partial charge in [-0.25, -0.2) is 0 Å². The molecule has 2 aromatic rings. The molecule has 0 unspecified atom stereocenters. The highest BCUT2D eigenvalue weighted by molar-refractivity contribution is 9.10. The number of carbonyl (C=O) groups excluding carboxylic acids is 1. The predicted molar refractivity (Wildman–Crippen MR) is 91.4 cm³/mol. The minimum atomic E-state index is 0.165. The number of rotatable bonds is 3. The van der Waals surface area contributed by atoms with Crippen LogP contribution in [-0.4, -0.2) is 11.5 Å². The van der Waals surface area contributed by atoms with Gasteiger partial charge >= 0.3 is 0 Å². The van der Waals surface area contributed by atoms with Crippen LogP contribution in [0, 0.1) is 0 Å². The van der Waals surface area contributed by atoms with Crippen LogP contribution in [-0.2, 0) is 18.6 Å². The van der Waals surface area contributed by atoms with Gasteiger partial charge in [0.05, 0.1) is 4.88 Å². The van der Waals surface area contributed by atoms with E-state index in [-0.39, 0.29) is 5.78 Å². The van der Waals surface area contributed by atoms with Crippen LogP contribution in [0.1, 0.15) is 25.7 Å². The quantitative estimate of drug-likeness (QED) is 0.658. The van der Waals surface area contributed by atoms with E-state index >= 15 is 0 Å². The summed E-state index contributed by atoms with van der Waals surface area (Å²) in [5.41, 5.74) is 2.23. The summed E-state index contributed by atoms with van der Waals surface area (Å²) >= 11 is 13.2. The number of ketones is 1. The summed E-state index contributed by atoms with van der Waals surface area (Å²) < 4.78 is 0.933. The second-order valence-electron chi connectivity index (χ2n) is 4.70. The first-order valence-electron chi connectivity index (χ1n) is 6.30. The van der Waals surface area contributed by atoms with E-state index in [4.69, 9.17) is 11.6 Å². The molecule has 0 bridgehead atoms. The first-order chi connectivity index (χ1) is 9.63. The molecule has 0 atom stereocenters. The summed E-state index contributed by atoms with van der Waals surface area (Å²) in [6, 6.07) is 7.74. The molecule has 3 rings (SSSR count). The SMILES string of the molecule is O=C(Cc1ccc(Br)cc1Cl)c1cc2c(s1)CCSC2. The Balaban J connectivity index is 1.80. The van der Waals surface area contributed by atoms with Crippen LogP contribution < -0.4 is 0 Å². The van der Waals surface area contributed by atoms with Crippen molar-refractivity contribution in [2.75, 3.05) is 5.75 Å². The average molecular weight is 388 g/mol. The summed E-state index contributed by atoms with van der Waals surface area (Å²) in [6.45, 7) is 0. The summed E-state index contributed by atoms with van der Waals surface area (Å²) in [5.74, 6) is 2.37. The Bertz CT molecular complexity index is 642. The van der Waals surface area contributed by atoms with E-state index in [1.807, 2.05) is 30.0 Å². The molecule has 1 aliphatic heterocycles. The van der Waals surface area contributed by atoms with Gasteiger partial charge in [0.2, 0.25) is 0 Å². The van der Waals surface area contributed by atoms with Gasteiger partial charge in [-0.05, 0) is 41.5 Å². The van der Waals surface area contributed by atoms with Gasteiger partial charge in [-0.1, -0.05) is 33.6 Å². The molecule has 0 saturated carbocycles. The highest BCUT2D eigenvalue weighted by Crippen LogP contribution is 2.32. The van der Waals surface area contributed by atoms with E-state index in [9.17, 15) is 4.79 Å². The Hall–Kier alpha value is -0.290.